The van der Waals surface area contributed by atoms with Crippen LogP contribution in [0.3, 0.4) is 0 Å². The minimum absolute atomic E-state index is 0.0787. The van der Waals surface area contributed by atoms with Crippen molar-refractivity contribution in [3.8, 4) is 11.1 Å². The number of amides is 1. The highest BCUT2D eigenvalue weighted by Gasteiger charge is 2.27. The van der Waals surface area contributed by atoms with Crippen LogP contribution in [0.4, 0.5) is 8.78 Å². The Bertz CT molecular complexity index is 1120. The van der Waals surface area contributed by atoms with Gasteiger partial charge < -0.3 is 15.2 Å². The van der Waals surface area contributed by atoms with Crippen LogP contribution in [-0.4, -0.2) is 39.4 Å². The molecule has 2 aromatic heterocycles. The lowest BCUT2D eigenvalue weighted by Crippen LogP contribution is -2.29. The van der Waals surface area contributed by atoms with E-state index in [0.717, 1.165) is 31.9 Å². The van der Waals surface area contributed by atoms with Gasteiger partial charge >= 0.3 is 0 Å². The molecule has 0 saturated heterocycles. The van der Waals surface area contributed by atoms with Crippen molar-refractivity contribution in [3.05, 3.63) is 48.1 Å². The van der Waals surface area contributed by atoms with Gasteiger partial charge in [-0.15, -0.1) is 0 Å². The van der Waals surface area contributed by atoms with Crippen LogP contribution < -0.4 is 5.73 Å². The first-order valence-corrected chi connectivity index (χ1v) is 10.6. The van der Waals surface area contributed by atoms with Crippen molar-refractivity contribution in [3.63, 3.8) is 0 Å². The predicted molar refractivity (Wildman–Crippen MR) is 115 cm³/mol. The first kappa shape index (κ1) is 21.4. The average Bonchev–Trinajstić information content (AvgIpc) is 3.18. The fourth-order valence-corrected chi connectivity index (χ4v) is 4.45. The molecule has 2 N–H and O–H groups in total. The van der Waals surface area contributed by atoms with Gasteiger partial charge in [-0.1, -0.05) is 19.8 Å². The second-order valence-electron chi connectivity index (χ2n) is 8.70. The molecule has 6 nitrogen and oxygen atoms in total. The Balaban J connectivity index is 1.76. The Hall–Kier alpha value is -2.87. The third-order valence-corrected chi connectivity index (χ3v) is 6.36. The number of pyridine rings is 1. The standard InChI is InChI=1S/C23H27F2N5O/c1-13-4-6-14(7-5-13)22(26)30-12-28-21-18(30)9-8-15(20(21)25)16-10-27-11-17(24)19(16)23(31)29(2)3/h8-14,22H,4-7,26H2,1-3H3. The van der Waals surface area contributed by atoms with Crippen molar-refractivity contribution in [2.45, 2.75) is 38.8 Å². The first-order chi connectivity index (χ1) is 14.8. The van der Waals surface area contributed by atoms with Crippen LogP contribution >= 0.6 is 0 Å². The number of nitrogens with zero attached hydrogens (tertiary/aromatic N) is 4. The summed E-state index contributed by atoms with van der Waals surface area (Å²) < 4.78 is 31.8. The van der Waals surface area contributed by atoms with Gasteiger partial charge in [0.1, 0.15) is 5.52 Å². The number of nitrogens with two attached hydrogens (primary N) is 1. The van der Waals surface area contributed by atoms with Gasteiger partial charge in [0.25, 0.3) is 5.91 Å². The highest BCUT2D eigenvalue weighted by atomic mass is 19.1. The maximum atomic E-state index is 15.5. The molecule has 1 fully saturated rings. The lowest BCUT2D eigenvalue weighted by Gasteiger charge is -2.31. The van der Waals surface area contributed by atoms with E-state index in [9.17, 15) is 9.18 Å². The fraction of sp³-hybridized carbons (Fsp3) is 0.435. The molecular formula is C23H27F2N5O. The number of hydrogen-bond acceptors (Lipinski definition) is 4. The highest BCUT2D eigenvalue weighted by Crippen LogP contribution is 2.36. The van der Waals surface area contributed by atoms with E-state index in [4.69, 9.17) is 5.73 Å². The second kappa shape index (κ2) is 8.34. The van der Waals surface area contributed by atoms with E-state index >= 15 is 4.39 Å². The molecular weight excluding hydrogens is 400 g/mol. The van der Waals surface area contributed by atoms with Crippen LogP contribution in [0.25, 0.3) is 22.2 Å². The monoisotopic (exact) mass is 427 g/mol. The van der Waals surface area contributed by atoms with Crippen LogP contribution in [0, 0.1) is 23.5 Å². The number of halogens is 2. The van der Waals surface area contributed by atoms with E-state index < -0.39 is 17.5 Å². The molecule has 1 unspecified atom stereocenters. The Labute approximate surface area is 180 Å². The molecule has 31 heavy (non-hydrogen) atoms. The second-order valence-corrected chi connectivity index (χ2v) is 8.70. The smallest absolute Gasteiger partial charge is 0.257 e. The molecule has 4 rings (SSSR count). The SMILES string of the molecule is CC1CCC(C(N)n2cnc3c(F)c(-c4cncc(F)c4C(=O)N(C)C)ccc32)CC1. The third-order valence-electron chi connectivity index (χ3n) is 6.36. The van der Waals surface area contributed by atoms with Crippen LogP contribution in [0.5, 0.6) is 0 Å². The van der Waals surface area contributed by atoms with E-state index in [2.05, 4.69) is 16.9 Å². The Morgan fingerprint density at radius 3 is 2.55 bits per heavy atom. The molecule has 1 atom stereocenters. The van der Waals surface area contributed by atoms with Crippen molar-refractivity contribution >= 4 is 16.9 Å². The van der Waals surface area contributed by atoms with Gasteiger partial charge in [0, 0.05) is 31.4 Å². The largest absolute Gasteiger partial charge is 0.345 e. The van der Waals surface area contributed by atoms with Gasteiger partial charge in [-0.05, 0) is 36.8 Å². The number of rotatable bonds is 4. The Morgan fingerprint density at radius 2 is 1.87 bits per heavy atom. The van der Waals surface area contributed by atoms with Gasteiger partial charge in [-0.25, -0.2) is 13.8 Å². The Morgan fingerprint density at radius 1 is 1.16 bits per heavy atom. The zero-order valence-corrected chi connectivity index (χ0v) is 18.0. The molecule has 1 aliphatic rings. The summed E-state index contributed by atoms with van der Waals surface area (Å²) in [5.41, 5.74) is 7.21. The molecule has 1 aliphatic carbocycles. The van der Waals surface area contributed by atoms with Crippen molar-refractivity contribution in [1.29, 1.82) is 0 Å². The molecule has 164 valence electrons. The van der Waals surface area contributed by atoms with Crippen molar-refractivity contribution in [1.82, 2.24) is 19.4 Å². The predicted octanol–water partition coefficient (Wildman–Crippen LogP) is 4.36. The van der Waals surface area contributed by atoms with E-state index in [-0.39, 0.29) is 28.4 Å². The van der Waals surface area contributed by atoms with Gasteiger partial charge in [0.2, 0.25) is 0 Å². The number of carbonyl (C=O) groups is 1. The van der Waals surface area contributed by atoms with Gasteiger partial charge in [0.05, 0.1) is 29.8 Å². The maximum absolute atomic E-state index is 15.5. The fourth-order valence-electron chi connectivity index (χ4n) is 4.45. The van der Waals surface area contributed by atoms with Crippen LogP contribution in [-0.2, 0) is 0 Å². The topological polar surface area (TPSA) is 77.0 Å². The zero-order valence-electron chi connectivity index (χ0n) is 18.0. The van der Waals surface area contributed by atoms with Gasteiger partial charge in [-0.3, -0.25) is 9.78 Å². The number of benzene rings is 1. The molecule has 3 aromatic rings. The Kier molecular flexibility index (Phi) is 5.75. The molecule has 0 aliphatic heterocycles. The number of imidazole rings is 1. The van der Waals surface area contributed by atoms with Gasteiger partial charge in [0.15, 0.2) is 11.6 Å². The molecule has 0 bridgehead atoms. The summed E-state index contributed by atoms with van der Waals surface area (Å²) in [6, 6.07) is 3.26. The van der Waals surface area contributed by atoms with Crippen molar-refractivity contribution < 1.29 is 13.6 Å². The summed E-state index contributed by atoms with van der Waals surface area (Å²) in [7, 11) is 3.03. The van der Waals surface area contributed by atoms with Crippen LogP contribution in [0.15, 0.2) is 30.9 Å². The third kappa shape index (κ3) is 3.80. The molecule has 8 heteroatoms. The molecule has 2 heterocycles. The van der Waals surface area contributed by atoms with E-state index in [1.54, 1.807) is 12.4 Å². The van der Waals surface area contributed by atoms with Crippen LogP contribution in [0.2, 0.25) is 0 Å². The number of carbonyl (C=O) groups excluding carboxylic acids is 1. The molecule has 1 amide bonds. The summed E-state index contributed by atoms with van der Waals surface area (Å²) in [6.45, 7) is 2.25. The van der Waals surface area contributed by atoms with Gasteiger partial charge in [-0.2, -0.15) is 0 Å². The zero-order chi connectivity index (χ0) is 22.3. The normalized spacial score (nSPS) is 20.1. The molecule has 0 radical (unpaired) electrons. The minimum Gasteiger partial charge on any atom is -0.345 e. The summed E-state index contributed by atoms with van der Waals surface area (Å²) >= 11 is 0. The lowest BCUT2D eigenvalue weighted by molar-refractivity contribution is 0.0823. The van der Waals surface area contributed by atoms with E-state index in [1.807, 2.05) is 4.57 Å². The maximum Gasteiger partial charge on any atom is 0.257 e. The number of aromatic nitrogens is 3. The van der Waals surface area contributed by atoms with Crippen LogP contribution in [0.1, 0.15) is 49.1 Å². The summed E-state index contributed by atoms with van der Waals surface area (Å²) in [5.74, 6) is -0.959. The van der Waals surface area contributed by atoms with Crippen molar-refractivity contribution in [2.75, 3.05) is 14.1 Å². The summed E-state index contributed by atoms with van der Waals surface area (Å²) in [6.07, 6.45) is 7.88. The molecule has 0 spiro atoms. The summed E-state index contributed by atoms with van der Waals surface area (Å²) in [4.78, 5) is 21.9. The van der Waals surface area contributed by atoms with E-state index in [1.165, 1.54) is 31.3 Å². The summed E-state index contributed by atoms with van der Waals surface area (Å²) in [5, 5.41) is 0. The highest BCUT2D eigenvalue weighted by molar-refractivity contribution is 6.01. The number of fused-ring (bicyclic) bond motifs is 1. The minimum atomic E-state index is -0.797. The lowest BCUT2D eigenvalue weighted by atomic mass is 9.81. The number of hydrogen-bond donors (Lipinski definition) is 1. The molecule has 1 aromatic carbocycles. The molecule has 1 saturated carbocycles. The average molecular weight is 427 g/mol. The van der Waals surface area contributed by atoms with E-state index in [0.29, 0.717) is 17.4 Å². The quantitative estimate of drug-likeness (QED) is 0.671. The van der Waals surface area contributed by atoms with Crippen molar-refractivity contribution in [2.24, 2.45) is 17.6 Å². The first-order valence-electron chi connectivity index (χ1n) is 10.6.